The van der Waals surface area contributed by atoms with E-state index in [0.717, 1.165) is 11.1 Å². The molecule has 0 unspecified atom stereocenters. The van der Waals surface area contributed by atoms with Crippen LogP contribution in [0.2, 0.25) is 0 Å². The molecule has 1 amide bonds. The Morgan fingerprint density at radius 1 is 1.29 bits per heavy atom. The van der Waals surface area contributed by atoms with Gasteiger partial charge in [-0.25, -0.2) is 0 Å². The molecule has 1 fully saturated rings. The summed E-state index contributed by atoms with van der Waals surface area (Å²) in [5.74, 6) is 0.897. The van der Waals surface area contributed by atoms with Gasteiger partial charge in [0.2, 0.25) is 5.91 Å². The van der Waals surface area contributed by atoms with Gasteiger partial charge >= 0.3 is 0 Å². The zero-order valence-corrected chi connectivity index (χ0v) is 15.3. The number of nitrogens with one attached hydrogen (secondary N) is 1. The third-order valence-corrected chi connectivity index (χ3v) is 5.05. The van der Waals surface area contributed by atoms with Crippen molar-refractivity contribution in [2.75, 3.05) is 23.3 Å². The molecule has 3 aromatic rings. The molecule has 0 spiro atoms. The molecule has 0 saturated carbocycles. The summed E-state index contributed by atoms with van der Waals surface area (Å²) in [7, 11) is 0. The van der Waals surface area contributed by atoms with E-state index in [1.807, 2.05) is 0 Å². The molecule has 28 heavy (non-hydrogen) atoms. The summed E-state index contributed by atoms with van der Waals surface area (Å²) in [4.78, 5) is 29.5. The number of fused-ring (bicyclic) bond motifs is 1. The van der Waals surface area contributed by atoms with E-state index in [1.54, 1.807) is 31.3 Å². The SMILES string of the molecule is Cc1cc(NC(=O)C2CCN(c3ccc([N+](=O)[O-])c4cnccc34)CC2)no1. The molecule has 9 heteroatoms. The Bertz CT molecular complexity index is 1040. The highest BCUT2D eigenvalue weighted by molar-refractivity contribution is 5.99. The van der Waals surface area contributed by atoms with Gasteiger partial charge in [-0.1, -0.05) is 5.16 Å². The zero-order chi connectivity index (χ0) is 19.7. The Balaban J connectivity index is 1.49. The molecule has 144 valence electrons. The Labute approximate surface area is 160 Å². The number of nitro groups is 1. The van der Waals surface area contributed by atoms with Gasteiger partial charge < -0.3 is 14.7 Å². The minimum Gasteiger partial charge on any atom is -0.371 e. The first-order chi connectivity index (χ1) is 13.5. The van der Waals surface area contributed by atoms with Crippen molar-refractivity contribution in [2.24, 2.45) is 5.92 Å². The molecular weight excluding hydrogens is 362 g/mol. The van der Waals surface area contributed by atoms with Crippen LogP contribution in [0.25, 0.3) is 10.8 Å². The number of carbonyl (C=O) groups is 1. The summed E-state index contributed by atoms with van der Waals surface area (Å²) in [6, 6.07) is 6.78. The van der Waals surface area contributed by atoms with Crippen molar-refractivity contribution in [2.45, 2.75) is 19.8 Å². The van der Waals surface area contributed by atoms with Crippen LogP contribution in [-0.4, -0.2) is 34.1 Å². The summed E-state index contributed by atoms with van der Waals surface area (Å²) in [6.07, 6.45) is 4.53. The highest BCUT2D eigenvalue weighted by Crippen LogP contribution is 2.35. The van der Waals surface area contributed by atoms with Crippen molar-refractivity contribution in [1.82, 2.24) is 10.1 Å². The number of non-ortho nitro benzene ring substituents is 1. The number of benzene rings is 1. The summed E-state index contributed by atoms with van der Waals surface area (Å²) < 4.78 is 4.97. The predicted octanol–water partition coefficient (Wildman–Crippen LogP) is 3.29. The van der Waals surface area contributed by atoms with E-state index in [1.165, 1.54) is 12.3 Å². The lowest BCUT2D eigenvalue weighted by atomic mass is 9.95. The maximum atomic E-state index is 12.5. The van der Waals surface area contributed by atoms with Crippen molar-refractivity contribution in [1.29, 1.82) is 0 Å². The number of hydrogen-bond donors (Lipinski definition) is 1. The van der Waals surface area contributed by atoms with Gasteiger partial charge in [-0.2, -0.15) is 0 Å². The van der Waals surface area contributed by atoms with E-state index in [0.29, 0.717) is 42.9 Å². The monoisotopic (exact) mass is 381 g/mol. The molecule has 1 aliphatic heterocycles. The van der Waals surface area contributed by atoms with Gasteiger partial charge in [0.25, 0.3) is 5.69 Å². The van der Waals surface area contributed by atoms with Crippen LogP contribution in [0, 0.1) is 23.0 Å². The minimum absolute atomic E-state index is 0.0454. The lowest BCUT2D eigenvalue weighted by Gasteiger charge is -2.33. The average molecular weight is 381 g/mol. The number of anilines is 2. The highest BCUT2D eigenvalue weighted by atomic mass is 16.6. The zero-order valence-electron chi connectivity index (χ0n) is 15.3. The van der Waals surface area contributed by atoms with Crippen LogP contribution >= 0.6 is 0 Å². The standard InChI is InChI=1S/C19H19N5O4/c1-12-10-18(22-28-12)21-19(25)13-5-8-23(9-6-13)16-2-3-17(24(26)27)15-11-20-7-4-14(15)16/h2-4,7,10-11,13H,5-6,8-9H2,1H3,(H,21,22,25). The molecule has 1 aliphatic rings. The first-order valence-electron chi connectivity index (χ1n) is 9.03. The van der Waals surface area contributed by atoms with Crippen molar-refractivity contribution >= 4 is 33.9 Å². The van der Waals surface area contributed by atoms with Crippen LogP contribution in [0.3, 0.4) is 0 Å². The van der Waals surface area contributed by atoms with E-state index in [-0.39, 0.29) is 17.5 Å². The van der Waals surface area contributed by atoms with E-state index < -0.39 is 4.92 Å². The molecule has 4 rings (SSSR count). The van der Waals surface area contributed by atoms with E-state index >= 15 is 0 Å². The second kappa shape index (κ2) is 7.26. The van der Waals surface area contributed by atoms with Gasteiger partial charge in [0, 0.05) is 54.6 Å². The molecule has 1 N–H and O–H groups in total. The quantitative estimate of drug-likeness (QED) is 0.545. The van der Waals surface area contributed by atoms with Crippen LogP contribution in [0.1, 0.15) is 18.6 Å². The van der Waals surface area contributed by atoms with Crippen molar-refractivity contribution in [3.05, 3.63) is 52.5 Å². The number of nitro benzene ring substituents is 1. The first kappa shape index (κ1) is 17.9. The van der Waals surface area contributed by atoms with Gasteiger partial charge in [-0.3, -0.25) is 19.9 Å². The molecule has 9 nitrogen and oxygen atoms in total. The first-order valence-corrected chi connectivity index (χ1v) is 9.03. The Kier molecular flexibility index (Phi) is 4.64. The Morgan fingerprint density at radius 2 is 2.07 bits per heavy atom. The summed E-state index contributed by atoms with van der Waals surface area (Å²) >= 11 is 0. The molecule has 0 atom stereocenters. The fraction of sp³-hybridized carbons (Fsp3) is 0.316. The number of aromatic nitrogens is 2. The summed E-state index contributed by atoms with van der Waals surface area (Å²) in [6.45, 7) is 3.14. The molecule has 0 radical (unpaired) electrons. The second-order valence-corrected chi connectivity index (χ2v) is 6.86. The minimum atomic E-state index is -0.393. The van der Waals surface area contributed by atoms with Crippen LogP contribution < -0.4 is 10.2 Å². The average Bonchev–Trinajstić information content (AvgIpc) is 3.11. The van der Waals surface area contributed by atoms with Gasteiger partial charge in [0.15, 0.2) is 5.82 Å². The Hall–Kier alpha value is -3.49. The third kappa shape index (κ3) is 3.38. The smallest absolute Gasteiger partial charge is 0.278 e. The topological polar surface area (TPSA) is 114 Å². The van der Waals surface area contributed by atoms with E-state index in [9.17, 15) is 14.9 Å². The van der Waals surface area contributed by atoms with Crippen LogP contribution in [0.5, 0.6) is 0 Å². The summed E-state index contributed by atoms with van der Waals surface area (Å²) in [5.41, 5.74) is 0.970. The number of carbonyl (C=O) groups excluding carboxylic acids is 1. The van der Waals surface area contributed by atoms with Crippen molar-refractivity contribution in [3.8, 4) is 0 Å². The number of amides is 1. The molecule has 1 aromatic carbocycles. The van der Waals surface area contributed by atoms with Gasteiger partial charge in [0.05, 0.1) is 10.3 Å². The van der Waals surface area contributed by atoms with Crippen LogP contribution in [0.4, 0.5) is 17.2 Å². The number of pyridine rings is 1. The highest BCUT2D eigenvalue weighted by Gasteiger charge is 2.27. The van der Waals surface area contributed by atoms with E-state index in [2.05, 4.69) is 20.4 Å². The molecule has 1 saturated heterocycles. The normalized spacial score (nSPS) is 15.0. The molecule has 0 aliphatic carbocycles. The number of nitrogens with zero attached hydrogens (tertiary/aromatic N) is 4. The van der Waals surface area contributed by atoms with E-state index in [4.69, 9.17) is 4.52 Å². The van der Waals surface area contributed by atoms with Crippen molar-refractivity contribution < 1.29 is 14.2 Å². The maximum Gasteiger partial charge on any atom is 0.278 e. The second-order valence-electron chi connectivity index (χ2n) is 6.86. The Morgan fingerprint density at radius 3 is 2.75 bits per heavy atom. The number of rotatable bonds is 4. The van der Waals surface area contributed by atoms with Crippen LogP contribution in [-0.2, 0) is 4.79 Å². The fourth-order valence-electron chi connectivity index (χ4n) is 3.63. The lowest BCUT2D eigenvalue weighted by molar-refractivity contribution is -0.383. The summed E-state index contributed by atoms with van der Waals surface area (Å²) in [5, 5.41) is 19.2. The maximum absolute atomic E-state index is 12.5. The lowest BCUT2D eigenvalue weighted by Crippen LogP contribution is -2.38. The number of aryl methyl sites for hydroxylation is 1. The third-order valence-electron chi connectivity index (χ3n) is 5.05. The number of piperidine rings is 1. The predicted molar refractivity (Wildman–Crippen MR) is 103 cm³/mol. The number of hydrogen-bond acceptors (Lipinski definition) is 7. The molecule has 3 heterocycles. The van der Waals surface area contributed by atoms with Gasteiger partial charge in [-0.05, 0) is 31.9 Å². The van der Waals surface area contributed by atoms with Crippen LogP contribution in [0.15, 0.2) is 41.2 Å². The molecular formula is C19H19N5O4. The van der Waals surface area contributed by atoms with Gasteiger partial charge in [0.1, 0.15) is 5.76 Å². The van der Waals surface area contributed by atoms with Crippen molar-refractivity contribution in [3.63, 3.8) is 0 Å². The fourth-order valence-corrected chi connectivity index (χ4v) is 3.63. The largest absolute Gasteiger partial charge is 0.371 e. The van der Waals surface area contributed by atoms with Gasteiger partial charge in [-0.15, -0.1) is 0 Å². The molecule has 0 bridgehead atoms. The molecule has 2 aromatic heterocycles.